The third kappa shape index (κ3) is 4.42. The number of benzene rings is 1. The van der Waals surface area contributed by atoms with Crippen LogP contribution < -0.4 is 0 Å². The number of aromatic nitrogens is 1. The SMILES string of the molecule is COCCn1c(C)cc(C(=O)COC(=O)c2ccc3c(c2)C(=O)N(C2CCCCC2)C3=O)c1C. The molecule has 0 saturated heterocycles. The Morgan fingerprint density at radius 1 is 1.00 bits per heavy atom. The minimum atomic E-state index is -0.708. The number of nitrogens with zero attached hydrogens (tertiary/aromatic N) is 2. The summed E-state index contributed by atoms with van der Waals surface area (Å²) in [5.41, 5.74) is 2.89. The number of methoxy groups -OCH3 is 1. The predicted molar refractivity (Wildman–Crippen MR) is 124 cm³/mol. The first-order valence-corrected chi connectivity index (χ1v) is 11.7. The minimum absolute atomic E-state index is 0.0861. The van der Waals surface area contributed by atoms with Crippen molar-refractivity contribution in [1.29, 1.82) is 0 Å². The lowest BCUT2D eigenvalue weighted by atomic mass is 9.94. The second kappa shape index (κ2) is 9.93. The molecule has 0 spiro atoms. The number of rotatable bonds is 8. The molecular weight excluding hydrogens is 436 g/mol. The highest BCUT2D eigenvalue weighted by atomic mass is 16.5. The molecule has 0 bridgehead atoms. The van der Waals surface area contributed by atoms with Crippen molar-refractivity contribution < 1.29 is 28.7 Å². The smallest absolute Gasteiger partial charge is 0.338 e. The number of ketones is 1. The van der Waals surface area contributed by atoms with Crippen LogP contribution in [0.25, 0.3) is 0 Å². The number of carbonyl (C=O) groups excluding carboxylic acids is 4. The van der Waals surface area contributed by atoms with Crippen LogP contribution >= 0.6 is 0 Å². The predicted octanol–water partition coefficient (Wildman–Crippen LogP) is 3.72. The number of Topliss-reactive ketones (excluding diaryl/α,β-unsaturated/α-hetero) is 1. The van der Waals surface area contributed by atoms with E-state index in [1.54, 1.807) is 13.2 Å². The first kappa shape index (κ1) is 23.9. The van der Waals surface area contributed by atoms with Gasteiger partial charge in [0.05, 0.1) is 23.3 Å². The van der Waals surface area contributed by atoms with E-state index in [0.717, 1.165) is 43.5 Å². The quantitative estimate of drug-likeness (QED) is 0.334. The highest BCUT2D eigenvalue weighted by Gasteiger charge is 2.40. The van der Waals surface area contributed by atoms with E-state index >= 15 is 0 Å². The largest absolute Gasteiger partial charge is 0.454 e. The molecule has 2 amide bonds. The van der Waals surface area contributed by atoms with Crippen molar-refractivity contribution in [1.82, 2.24) is 9.47 Å². The van der Waals surface area contributed by atoms with Crippen LogP contribution in [0.2, 0.25) is 0 Å². The van der Waals surface area contributed by atoms with Gasteiger partial charge in [0.2, 0.25) is 5.78 Å². The van der Waals surface area contributed by atoms with Crippen molar-refractivity contribution in [3.8, 4) is 0 Å². The van der Waals surface area contributed by atoms with E-state index in [0.29, 0.717) is 24.3 Å². The van der Waals surface area contributed by atoms with Gasteiger partial charge in [-0.15, -0.1) is 0 Å². The van der Waals surface area contributed by atoms with Crippen LogP contribution in [0.5, 0.6) is 0 Å². The summed E-state index contributed by atoms with van der Waals surface area (Å²) >= 11 is 0. The lowest BCUT2D eigenvalue weighted by molar-refractivity contribution is 0.0474. The van der Waals surface area contributed by atoms with Gasteiger partial charge in [0.1, 0.15) is 0 Å². The van der Waals surface area contributed by atoms with Gasteiger partial charge in [-0.2, -0.15) is 0 Å². The lowest BCUT2D eigenvalue weighted by Crippen LogP contribution is -2.40. The summed E-state index contributed by atoms with van der Waals surface area (Å²) < 4.78 is 12.4. The fraction of sp³-hybridized carbons (Fsp3) is 0.462. The van der Waals surface area contributed by atoms with Gasteiger partial charge in [-0.3, -0.25) is 19.3 Å². The second-order valence-electron chi connectivity index (χ2n) is 8.96. The molecule has 8 heteroatoms. The van der Waals surface area contributed by atoms with Crippen LogP contribution in [-0.2, 0) is 16.0 Å². The molecule has 1 aliphatic carbocycles. The molecule has 1 aromatic heterocycles. The van der Waals surface area contributed by atoms with Crippen LogP contribution in [-0.4, -0.2) is 59.4 Å². The monoisotopic (exact) mass is 466 g/mol. The van der Waals surface area contributed by atoms with Gasteiger partial charge in [-0.1, -0.05) is 19.3 Å². The van der Waals surface area contributed by atoms with Gasteiger partial charge in [0.15, 0.2) is 6.61 Å². The molecule has 2 aromatic rings. The van der Waals surface area contributed by atoms with E-state index in [-0.39, 0.29) is 34.8 Å². The maximum absolute atomic E-state index is 13.0. The average molecular weight is 467 g/mol. The van der Waals surface area contributed by atoms with Gasteiger partial charge in [-0.05, 0) is 51.0 Å². The Bertz CT molecular complexity index is 1140. The zero-order valence-corrected chi connectivity index (χ0v) is 19.9. The number of carbonyl (C=O) groups is 4. The van der Waals surface area contributed by atoms with Gasteiger partial charge in [0, 0.05) is 36.6 Å². The summed E-state index contributed by atoms with van der Waals surface area (Å²) in [6, 6.07) is 6.07. The summed E-state index contributed by atoms with van der Waals surface area (Å²) in [6.07, 6.45) is 4.74. The highest BCUT2D eigenvalue weighted by molar-refractivity contribution is 6.22. The molecule has 0 radical (unpaired) electrons. The molecule has 1 aliphatic heterocycles. The number of hydrogen-bond acceptors (Lipinski definition) is 6. The van der Waals surface area contributed by atoms with E-state index in [4.69, 9.17) is 9.47 Å². The molecule has 180 valence electrons. The first-order chi connectivity index (χ1) is 16.3. The Kier molecular flexibility index (Phi) is 6.97. The molecule has 1 fully saturated rings. The van der Waals surface area contributed by atoms with E-state index in [2.05, 4.69) is 0 Å². The molecule has 8 nitrogen and oxygen atoms in total. The number of amides is 2. The van der Waals surface area contributed by atoms with Crippen LogP contribution in [0.4, 0.5) is 0 Å². The van der Waals surface area contributed by atoms with Crippen LogP contribution in [0.15, 0.2) is 24.3 Å². The number of esters is 1. The van der Waals surface area contributed by atoms with E-state index in [1.165, 1.54) is 23.1 Å². The second-order valence-corrected chi connectivity index (χ2v) is 8.96. The molecular formula is C26H30N2O6. The van der Waals surface area contributed by atoms with Gasteiger partial charge in [-0.25, -0.2) is 4.79 Å². The van der Waals surface area contributed by atoms with Crippen molar-refractivity contribution in [2.75, 3.05) is 20.3 Å². The summed E-state index contributed by atoms with van der Waals surface area (Å²) in [6.45, 7) is 4.49. The van der Waals surface area contributed by atoms with E-state index in [1.807, 2.05) is 18.4 Å². The number of ether oxygens (including phenoxy) is 2. The van der Waals surface area contributed by atoms with Gasteiger partial charge >= 0.3 is 5.97 Å². The lowest BCUT2D eigenvalue weighted by Gasteiger charge is -2.29. The molecule has 0 atom stereocenters. The molecule has 34 heavy (non-hydrogen) atoms. The van der Waals surface area contributed by atoms with Gasteiger partial charge in [0.25, 0.3) is 11.8 Å². The van der Waals surface area contributed by atoms with Crippen molar-refractivity contribution in [2.24, 2.45) is 0 Å². The number of hydrogen-bond donors (Lipinski definition) is 0. The number of fused-ring (bicyclic) bond motifs is 1. The summed E-state index contributed by atoms with van der Waals surface area (Å²) in [4.78, 5) is 52.5. The Morgan fingerprint density at radius 2 is 1.71 bits per heavy atom. The fourth-order valence-corrected chi connectivity index (χ4v) is 4.96. The summed E-state index contributed by atoms with van der Waals surface area (Å²) in [5.74, 6) is -1.67. The Hall–Kier alpha value is -3.26. The van der Waals surface area contributed by atoms with Gasteiger partial charge < -0.3 is 14.0 Å². The molecule has 1 saturated carbocycles. The Balaban J connectivity index is 1.44. The standard InChI is InChI=1S/C26H30N2O6/c1-16-13-21(17(2)27(16)11-12-33-3)23(29)15-34-26(32)18-9-10-20-22(14-18)25(31)28(24(20)30)19-7-5-4-6-8-19/h9-10,13-14,19H,4-8,11-12,15H2,1-3H3. The molecule has 0 unspecified atom stereocenters. The molecule has 2 aliphatic rings. The molecule has 2 heterocycles. The maximum Gasteiger partial charge on any atom is 0.338 e. The van der Waals surface area contributed by atoms with Crippen molar-refractivity contribution in [2.45, 2.75) is 58.5 Å². The number of imide groups is 1. The Morgan fingerprint density at radius 3 is 2.41 bits per heavy atom. The molecule has 4 rings (SSSR count). The van der Waals surface area contributed by atoms with Crippen molar-refractivity contribution in [3.63, 3.8) is 0 Å². The van der Waals surface area contributed by atoms with Crippen molar-refractivity contribution >= 4 is 23.6 Å². The number of aryl methyl sites for hydroxylation is 1. The topological polar surface area (TPSA) is 94.9 Å². The van der Waals surface area contributed by atoms with E-state index < -0.39 is 12.6 Å². The zero-order valence-electron chi connectivity index (χ0n) is 19.9. The van der Waals surface area contributed by atoms with Crippen molar-refractivity contribution in [3.05, 3.63) is 57.9 Å². The normalized spacial score (nSPS) is 16.1. The highest BCUT2D eigenvalue weighted by Crippen LogP contribution is 2.31. The van der Waals surface area contributed by atoms with Crippen LogP contribution in [0, 0.1) is 13.8 Å². The van der Waals surface area contributed by atoms with E-state index in [9.17, 15) is 19.2 Å². The minimum Gasteiger partial charge on any atom is -0.454 e. The summed E-state index contributed by atoms with van der Waals surface area (Å²) in [7, 11) is 1.62. The van der Waals surface area contributed by atoms with Crippen LogP contribution in [0.1, 0.15) is 84.9 Å². The first-order valence-electron chi connectivity index (χ1n) is 11.7. The Labute approximate surface area is 198 Å². The van der Waals surface area contributed by atoms with Crippen LogP contribution in [0.3, 0.4) is 0 Å². The maximum atomic E-state index is 13.0. The third-order valence-corrected chi connectivity index (χ3v) is 6.82. The zero-order chi connectivity index (χ0) is 24.4. The molecule has 0 N–H and O–H groups in total. The third-order valence-electron chi connectivity index (χ3n) is 6.82. The summed E-state index contributed by atoms with van der Waals surface area (Å²) in [5, 5.41) is 0. The average Bonchev–Trinajstić information content (AvgIpc) is 3.27. The fourth-order valence-electron chi connectivity index (χ4n) is 4.96. The molecule has 1 aromatic carbocycles.